The van der Waals surface area contributed by atoms with Crippen molar-refractivity contribution in [2.75, 3.05) is 26.2 Å². The number of hydrogen-bond acceptors (Lipinski definition) is 5. The third-order valence-electron chi connectivity index (χ3n) is 7.45. The Morgan fingerprint density at radius 2 is 1.82 bits per heavy atom. The zero-order valence-corrected chi connectivity index (χ0v) is 18.8. The number of benzene rings is 1. The van der Waals surface area contributed by atoms with E-state index in [9.17, 15) is 9.59 Å². The van der Waals surface area contributed by atoms with Crippen LogP contribution in [-0.4, -0.2) is 46.3 Å². The van der Waals surface area contributed by atoms with Crippen molar-refractivity contribution in [3.63, 3.8) is 0 Å². The van der Waals surface area contributed by atoms with Crippen LogP contribution in [0, 0.1) is 0 Å². The van der Waals surface area contributed by atoms with E-state index in [1.165, 1.54) is 11.1 Å². The number of nitrogens with zero attached hydrogens (tertiary/aromatic N) is 3. The summed E-state index contributed by atoms with van der Waals surface area (Å²) in [7, 11) is 0. The molecule has 5 heterocycles. The molecule has 1 fully saturated rings. The molecule has 7 heteroatoms. The highest BCUT2D eigenvalue weighted by atomic mass is 16.5. The predicted molar refractivity (Wildman–Crippen MR) is 128 cm³/mol. The van der Waals surface area contributed by atoms with Gasteiger partial charge in [0.2, 0.25) is 0 Å². The van der Waals surface area contributed by atoms with Gasteiger partial charge in [0.1, 0.15) is 11.4 Å². The van der Waals surface area contributed by atoms with Crippen LogP contribution in [0.4, 0.5) is 0 Å². The second-order valence-corrected chi connectivity index (χ2v) is 9.61. The van der Waals surface area contributed by atoms with Crippen LogP contribution in [0.1, 0.15) is 36.4 Å². The fraction of sp³-hybridized carbons (Fsp3) is 0.462. The number of likely N-dealkylation sites (tertiary alicyclic amines) is 1. The zero-order chi connectivity index (χ0) is 22.4. The summed E-state index contributed by atoms with van der Waals surface area (Å²) in [5.74, 6) is 1.05. The van der Waals surface area contributed by atoms with Gasteiger partial charge in [0, 0.05) is 43.2 Å². The molecule has 3 aromatic rings. The monoisotopic (exact) mass is 446 g/mol. The fourth-order valence-electron chi connectivity index (χ4n) is 5.67. The zero-order valence-electron chi connectivity index (χ0n) is 18.8. The number of fused-ring (bicyclic) bond motifs is 1. The maximum atomic E-state index is 12.6. The van der Waals surface area contributed by atoms with E-state index in [4.69, 9.17) is 4.74 Å². The maximum absolute atomic E-state index is 12.6. The number of hydrogen-bond donors (Lipinski definition) is 1. The van der Waals surface area contributed by atoms with Crippen molar-refractivity contribution in [1.29, 1.82) is 0 Å². The van der Waals surface area contributed by atoms with Crippen molar-refractivity contribution in [2.45, 2.75) is 50.9 Å². The van der Waals surface area contributed by atoms with Gasteiger partial charge in [0.25, 0.3) is 11.1 Å². The van der Waals surface area contributed by atoms with E-state index in [2.05, 4.69) is 28.4 Å². The summed E-state index contributed by atoms with van der Waals surface area (Å²) in [6.07, 6.45) is 4.39. The molecule has 1 unspecified atom stereocenters. The number of ether oxygens (including phenoxy) is 1. The number of pyridine rings is 2. The van der Waals surface area contributed by atoms with E-state index in [0.717, 1.165) is 75.3 Å². The molecule has 33 heavy (non-hydrogen) atoms. The summed E-state index contributed by atoms with van der Waals surface area (Å²) < 4.78 is 9.41. The van der Waals surface area contributed by atoms with Crippen LogP contribution in [0.25, 0.3) is 11.0 Å². The predicted octanol–water partition coefficient (Wildman–Crippen LogP) is 2.30. The van der Waals surface area contributed by atoms with Crippen LogP contribution in [0.3, 0.4) is 0 Å². The van der Waals surface area contributed by atoms with Crippen LogP contribution in [0.2, 0.25) is 0 Å². The van der Waals surface area contributed by atoms with Gasteiger partial charge in [0.05, 0.1) is 12.6 Å². The molecular formula is C26H30N4O3. The Morgan fingerprint density at radius 3 is 2.67 bits per heavy atom. The Hall–Kier alpha value is -2.90. The molecule has 2 aromatic heterocycles. The first-order valence-corrected chi connectivity index (χ1v) is 12.1. The second kappa shape index (κ2) is 8.47. The van der Waals surface area contributed by atoms with Crippen molar-refractivity contribution < 1.29 is 4.74 Å². The number of rotatable bonds is 5. The third kappa shape index (κ3) is 3.89. The molecule has 3 aliphatic heterocycles. The average Bonchev–Trinajstić information content (AvgIpc) is 3.23. The standard InChI is InChI=1S/C26H30N4O3/c31-24-7-5-20-6-8-25(32)30-22(17-29(24)26(20)30)16-28-11-9-21(10-12-28)27-15-18-3-4-19-2-1-13-33-23(19)14-18/h3-8,14,21-22,27H,1-2,9-13,15-17H2. The van der Waals surface area contributed by atoms with Gasteiger partial charge in [-0.2, -0.15) is 0 Å². The molecule has 0 amide bonds. The maximum Gasteiger partial charge on any atom is 0.252 e. The molecule has 1 aromatic carbocycles. The van der Waals surface area contributed by atoms with Crippen molar-refractivity contribution in [1.82, 2.24) is 19.4 Å². The highest BCUT2D eigenvalue weighted by Gasteiger charge is 2.29. The van der Waals surface area contributed by atoms with Crippen LogP contribution >= 0.6 is 0 Å². The molecule has 0 spiro atoms. The molecule has 1 atom stereocenters. The molecule has 0 bridgehead atoms. The first-order valence-electron chi connectivity index (χ1n) is 12.1. The topological polar surface area (TPSA) is 68.5 Å². The minimum Gasteiger partial charge on any atom is -0.493 e. The third-order valence-corrected chi connectivity index (χ3v) is 7.45. The van der Waals surface area contributed by atoms with E-state index < -0.39 is 0 Å². The lowest BCUT2D eigenvalue weighted by Crippen LogP contribution is -2.44. The Morgan fingerprint density at radius 1 is 1.00 bits per heavy atom. The van der Waals surface area contributed by atoms with Crippen molar-refractivity contribution >= 4 is 11.0 Å². The van der Waals surface area contributed by atoms with Gasteiger partial charge in [-0.15, -0.1) is 0 Å². The van der Waals surface area contributed by atoms with Crippen LogP contribution in [0.5, 0.6) is 5.75 Å². The Labute approximate surface area is 192 Å². The smallest absolute Gasteiger partial charge is 0.252 e. The molecule has 7 nitrogen and oxygen atoms in total. The van der Waals surface area contributed by atoms with Gasteiger partial charge >= 0.3 is 0 Å². The van der Waals surface area contributed by atoms with Crippen LogP contribution < -0.4 is 21.2 Å². The van der Waals surface area contributed by atoms with Gasteiger partial charge in [-0.3, -0.25) is 18.7 Å². The van der Waals surface area contributed by atoms with Gasteiger partial charge in [-0.05, 0) is 68.1 Å². The van der Waals surface area contributed by atoms with E-state index in [1.54, 1.807) is 16.7 Å². The molecular weight excluding hydrogens is 416 g/mol. The van der Waals surface area contributed by atoms with E-state index in [1.807, 2.05) is 16.7 Å². The van der Waals surface area contributed by atoms with Crippen molar-refractivity contribution in [3.8, 4) is 5.75 Å². The largest absolute Gasteiger partial charge is 0.493 e. The van der Waals surface area contributed by atoms with Crippen molar-refractivity contribution in [3.05, 3.63) is 74.3 Å². The Bertz CT molecular complexity index is 1300. The first-order chi connectivity index (χ1) is 16.2. The van der Waals surface area contributed by atoms with Crippen LogP contribution in [-0.2, 0) is 19.5 Å². The Balaban J connectivity index is 1.06. The lowest BCUT2D eigenvalue weighted by atomic mass is 10.0. The number of nitrogens with one attached hydrogen (secondary N) is 1. The summed E-state index contributed by atoms with van der Waals surface area (Å²) in [4.78, 5) is 27.5. The first kappa shape index (κ1) is 20.7. The SMILES string of the molecule is O=c1ccc2ccc(=O)n3c2n1CC3CN1CCC(NCc2ccc3c(c2)OCCC3)CC1. The van der Waals surface area contributed by atoms with Gasteiger partial charge in [0.15, 0.2) is 0 Å². The molecule has 3 aliphatic rings. The van der Waals surface area contributed by atoms with E-state index in [-0.39, 0.29) is 17.2 Å². The second-order valence-electron chi connectivity index (χ2n) is 9.61. The summed E-state index contributed by atoms with van der Waals surface area (Å²) in [5.41, 5.74) is 3.32. The number of piperidine rings is 1. The molecule has 6 rings (SSSR count). The number of aryl methyl sites for hydroxylation is 1. The average molecular weight is 447 g/mol. The number of aromatic nitrogens is 2. The molecule has 0 aliphatic carbocycles. The minimum absolute atomic E-state index is 0.0105. The summed E-state index contributed by atoms with van der Waals surface area (Å²) in [5, 5.41) is 4.67. The van der Waals surface area contributed by atoms with Crippen LogP contribution in [0.15, 0.2) is 52.1 Å². The lowest BCUT2D eigenvalue weighted by Gasteiger charge is -2.34. The summed E-state index contributed by atoms with van der Waals surface area (Å²) in [6.45, 7) is 5.06. The highest BCUT2D eigenvalue weighted by molar-refractivity contribution is 5.76. The molecule has 0 saturated carbocycles. The van der Waals surface area contributed by atoms with E-state index >= 15 is 0 Å². The molecule has 172 valence electrons. The van der Waals surface area contributed by atoms with Crippen molar-refractivity contribution in [2.24, 2.45) is 0 Å². The lowest BCUT2D eigenvalue weighted by molar-refractivity contribution is 0.171. The summed E-state index contributed by atoms with van der Waals surface area (Å²) >= 11 is 0. The molecule has 0 radical (unpaired) electrons. The van der Waals surface area contributed by atoms with Gasteiger partial charge < -0.3 is 15.0 Å². The van der Waals surface area contributed by atoms with Gasteiger partial charge in [-0.1, -0.05) is 12.1 Å². The normalized spacial score (nSPS) is 20.7. The summed E-state index contributed by atoms with van der Waals surface area (Å²) in [6, 6.07) is 14.0. The Kier molecular flexibility index (Phi) is 5.31. The quantitative estimate of drug-likeness (QED) is 0.651. The minimum atomic E-state index is -0.0279. The molecule has 1 N–H and O–H groups in total. The van der Waals surface area contributed by atoms with Gasteiger partial charge in [-0.25, -0.2) is 0 Å². The highest BCUT2D eigenvalue weighted by Crippen LogP contribution is 2.27. The fourth-order valence-corrected chi connectivity index (χ4v) is 5.67. The van der Waals surface area contributed by atoms with E-state index in [0.29, 0.717) is 12.6 Å². The molecule has 1 saturated heterocycles.